The lowest BCUT2D eigenvalue weighted by molar-refractivity contribution is 0.155. The van der Waals surface area contributed by atoms with Gasteiger partial charge in [0.2, 0.25) is 0 Å². The van der Waals surface area contributed by atoms with Crippen LogP contribution in [0.5, 0.6) is 0 Å². The van der Waals surface area contributed by atoms with E-state index in [1.165, 1.54) is 51.6 Å². The normalized spacial score (nSPS) is 29.0. The minimum atomic E-state index is 0.731. The molecule has 1 aromatic rings. The molecule has 1 saturated heterocycles. The van der Waals surface area contributed by atoms with Crippen molar-refractivity contribution in [3.63, 3.8) is 0 Å². The highest BCUT2D eigenvalue weighted by Gasteiger charge is 2.43. The Morgan fingerprint density at radius 2 is 2.16 bits per heavy atom. The van der Waals surface area contributed by atoms with Crippen LogP contribution in [0.4, 0.5) is 0 Å². The molecule has 0 aromatic carbocycles. The van der Waals surface area contributed by atoms with Gasteiger partial charge in [-0.2, -0.15) is 0 Å². The molecule has 3 heteroatoms. The fourth-order valence-corrected chi connectivity index (χ4v) is 4.54. The lowest BCUT2D eigenvalue weighted by atomic mass is 10.1. The largest absolute Gasteiger partial charge is 0.313 e. The predicted octanol–water partition coefficient (Wildman–Crippen LogP) is 3.42. The van der Waals surface area contributed by atoms with Crippen molar-refractivity contribution < 1.29 is 0 Å². The molecule has 0 spiro atoms. The Morgan fingerprint density at radius 3 is 2.74 bits per heavy atom. The molecule has 2 atom stereocenters. The molecule has 2 unspecified atom stereocenters. The maximum Gasteiger partial charge on any atom is 0.0473 e. The van der Waals surface area contributed by atoms with Gasteiger partial charge in [-0.25, -0.2) is 0 Å². The number of hydrogen-bond donors (Lipinski definition) is 1. The van der Waals surface area contributed by atoms with E-state index in [4.69, 9.17) is 0 Å². The van der Waals surface area contributed by atoms with Gasteiger partial charge in [-0.3, -0.25) is 4.90 Å². The quantitative estimate of drug-likeness (QED) is 0.856. The van der Waals surface area contributed by atoms with Crippen LogP contribution >= 0.6 is 11.3 Å². The Labute approximate surface area is 120 Å². The van der Waals surface area contributed by atoms with E-state index in [1.54, 1.807) is 4.88 Å². The van der Waals surface area contributed by atoms with E-state index in [9.17, 15) is 0 Å². The molecular weight excluding hydrogens is 252 g/mol. The van der Waals surface area contributed by atoms with Gasteiger partial charge < -0.3 is 5.32 Å². The predicted molar refractivity (Wildman–Crippen MR) is 80.5 cm³/mol. The highest BCUT2D eigenvalue weighted by Crippen LogP contribution is 2.49. The average molecular weight is 276 g/mol. The zero-order valence-corrected chi connectivity index (χ0v) is 12.4. The van der Waals surface area contributed by atoms with Crippen LogP contribution in [-0.4, -0.2) is 30.1 Å². The molecule has 1 N–H and O–H groups in total. The molecule has 3 fully saturated rings. The molecule has 0 bridgehead atoms. The molecule has 4 rings (SSSR count). The van der Waals surface area contributed by atoms with E-state index in [0.717, 1.165) is 24.0 Å². The summed E-state index contributed by atoms with van der Waals surface area (Å²) in [5.41, 5.74) is 0. The zero-order valence-electron chi connectivity index (χ0n) is 11.6. The van der Waals surface area contributed by atoms with Crippen LogP contribution in [0.15, 0.2) is 17.5 Å². The van der Waals surface area contributed by atoms with Gasteiger partial charge in [0.05, 0.1) is 0 Å². The van der Waals surface area contributed by atoms with Crippen molar-refractivity contribution in [1.29, 1.82) is 0 Å². The zero-order chi connectivity index (χ0) is 12.7. The van der Waals surface area contributed by atoms with Crippen LogP contribution in [0.2, 0.25) is 0 Å². The van der Waals surface area contributed by atoms with Crippen LogP contribution in [0.3, 0.4) is 0 Å². The van der Waals surface area contributed by atoms with Crippen LogP contribution < -0.4 is 5.32 Å². The van der Waals surface area contributed by atoms with Crippen LogP contribution in [-0.2, 0) is 0 Å². The molecule has 0 radical (unpaired) electrons. The minimum Gasteiger partial charge on any atom is -0.313 e. The van der Waals surface area contributed by atoms with Crippen molar-refractivity contribution in [3.05, 3.63) is 22.4 Å². The fraction of sp³-hybridized carbons (Fsp3) is 0.750. The molecule has 3 aliphatic rings. The second kappa shape index (κ2) is 5.19. The van der Waals surface area contributed by atoms with E-state index in [0.29, 0.717) is 0 Å². The van der Waals surface area contributed by atoms with E-state index >= 15 is 0 Å². The van der Waals surface area contributed by atoms with Crippen molar-refractivity contribution in [2.75, 3.05) is 13.1 Å². The number of nitrogens with zero attached hydrogens (tertiary/aromatic N) is 1. The molecule has 2 aliphatic carbocycles. The molecule has 1 aromatic heterocycles. The summed E-state index contributed by atoms with van der Waals surface area (Å²) in [5, 5.41) is 5.94. The molecule has 1 aliphatic heterocycles. The van der Waals surface area contributed by atoms with Crippen molar-refractivity contribution in [2.45, 2.75) is 56.7 Å². The summed E-state index contributed by atoms with van der Waals surface area (Å²) < 4.78 is 0. The maximum atomic E-state index is 3.69. The highest BCUT2D eigenvalue weighted by molar-refractivity contribution is 7.10. The number of nitrogens with one attached hydrogen (secondary N) is 1. The Balaban J connectivity index is 1.53. The third-order valence-corrected chi connectivity index (χ3v) is 5.81. The minimum absolute atomic E-state index is 0.731. The SMILES string of the molecule is c1csc(C(C2CC2)N(CC2CCCN2)C2CC2)c1. The van der Waals surface area contributed by atoms with E-state index in [1.807, 2.05) is 11.3 Å². The third-order valence-electron chi connectivity index (χ3n) is 4.87. The lowest BCUT2D eigenvalue weighted by Crippen LogP contribution is -2.41. The van der Waals surface area contributed by atoms with Gasteiger partial charge in [0.15, 0.2) is 0 Å². The fourth-order valence-electron chi connectivity index (χ4n) is 3.60. The number of rotatable bonds is 6. The monoisotopic (exact) mass is 276 g/mol. The van der Waals surface area contributed by atoms with E-state index in [2.05, 4.69) is 27.7 Å². The smallest absolute Gasteiger partial charge is 0.0473 e. The first kappa shape index (κ1) is 12.4. The van der Waals surface area contributed by atoms with Gasteiger partial charge in [-0.1, -0.05) is 6.07 Å². The van der Waals surface area contributed by atoms with Gasteiger partial charge in [0, 0.05) is 29.5 Å². The average Bonchev–Trinajstić information content (AvgIpc) is 3.32. The van der Waals surface area contributed by atoms with Crippen molar-refractivity contribution >= 4 is 11.3 Å². The highest BCUT2D eigenvalue weighted by atomic mass is 32.1. The molecule has 104 valence electrons. The van der Waals surface area contributed by atoms with Gasteiger partial charge >= 0.3 is 0 Å². The second-order valence-corrected chi connectivity index (χ2v) is 7.50. The number of hydrogen-bond acceptors (Lipinski definition) is 3. The summed E-state index contributed by atoms with van der Waals surface area (Å²) in [6, 6.07) is 6.96. The first-order chi connectivity index (χ1) is 9.42. The van der Waals surface area contributed by atoms with E-state index in [-0.39, 0.29) is 0 Å². The summed E-state index contributed by atoms with van der Waals surface area (Å²) in [5.74, 6) is 0.945. The number of thiophene rings is 1. The van der Waals surface area contributed by atoms with Gasteiger partial charge in [-0.05, 0) is 62.4 Å². The summed E-state index contributed by atoms with van der Waals surface area (Å²) in [4.78, 5) is 4.49. The van der Waals surface area contributed by atoms with Crippen LogP contribution in [0.1, 0.15) is 49.4 Å². The Morgan fingerprint density at radius 1 is 1.26 bits per heavy atom. The van der Waals surface area contributed by atoms with Crippen LogP contribution in [0.25, 0.3) is 0 Å². The molecule has 2 nitrogen and oxygen atoms in total. The van der Waals surface area contributed by atoms with Crippen molar-refractivity contribution in [3.8, 4) is 0 Å². The molecule has 2 heterocycles. The first-order valence-electron chi connectivity index (χ1n) is 7.94. The second-order valence-electron chi connectivity index (χ2n) is 6.52. The Hall–Kier alpha value is -0.380. The topological polar surface area (TPSA) is 15.3 Å². The first-order valence-corrected chi connectivity index (χ1v) is 8.82. The molecule has 2 saturated carbocycles. The molecule has 19 heavy (non-hydrogen) atoms. The maximum absolute atomic E-state index is 3.69. The van der Waals surface area contributed by atoms with Gasteiger partial charge in [-0.15, -0.1) is 11.3 Å². The third kappa shape index (κ3) is 2.74. The molecular formula is C16H24N2S. The van der Waals surface area contributed by atoms with Crippen molar-refractivity contribution in [1.82, 2.24) is 10.2 Å². The van der Waals surface area contributed by atoms with Gasteiger partial charge in [0.1, 0.15) is 0 Å². The Kier molecular flexibility index (Phi) is 3.38. The summed E-state index contributed by atoms with van der Waals surface area (Å²) in [6.07, 6.45) is 8.51. The Bertz CT molecular complexity index is 402. The van der Waals surface area contributed by atoms with Crippen LogP contribution in [0, 0.1) is 5.92 Å². The van der Waals surface area contributed by atoms with Crippen molar-refractivity contribution in [2.24, 2.45) is 5.92 Å². The molecule has 0 amide bonds. The summed E-state index contributed by atoms with van der Waals surface area (Å²) in [6.45, 7) is 2.51. The standard InChI is InChI=1S/C16H24N2S/c1-3-13(17-9-1)11-18(14-7-8-14)16(12-5-6-12)15-4-2-10-19-15/h2,4,10,12-14,16-17H,1,3,5-9,11H2. The van der Waals surface area contributed by atoms with E-state index < -0.39 is 0 Å². The lowest BCUT2D eigenvalue weighted by Gasteiger charge is -2.33. The summed E-state index contributed by atoms with van der Waals surface area (Å²) >= 11 is 1.97. The summed E-state index contributed by atoms with van der Waals surface area (Å²) in [7, 11) is 0. The van der Waals surface area contributed by atoms with Gasteiger partial charge in [0.25, 0.3) is 0 Å².